The van der Waals surface area contributed by atoms with Crippen LogP contribution in [0.4, 0.5) is 17.3 Å². The lowest BCUT2D eigenvalue weighted by Crippen LogP contribution is -2.19. The molecule has 0 unspecified atom stereocenters. The average molecular weight is 348 g/mol. The van der Waals surface area contributed by atoms with E-state index >= 15 is 0 Å². The number of benzene rings is 1. The summed E-state index contributed by atoms with van der Waals surface area (Å²) in [5.41, 5.74) is 2.38. The molecular formula is C19H20N6O. The van der Waals surface area contributed by atoms with Gasteiger partial charge in [0.2, 0.25) is 0 Å². The zero-order valence-corrected chi connectivity index (χ0v) is 14.6. The van der Waals surface area contributed by atoms with Gasteiger partial charge in [0.05, 0.1) is 5.69 Å². The molecule has 3 heterocycles. The van der Waals surface area contributed by atoms with Crippen LogP contribution in [-0.4, -0.2) is 32.8 Å². The Labute approximate surface area is 151 Å². The van der Waals surface area contributed by atoms with Gasteiger partial charge in [-0.1, -0.05) is 18.2 Å². The molecule has 1 N–H and O–H groups in total. The Kier molecular flexibility index (Phi) is 4.35. The molecule has 26 heavy (non-hydrogen) atoms. The molecule has 1 aliphatic heterocycles. The summed E-state index contributed by atoms with van der Waals surface area (Å²) in [6, 6.07) is 13.1. The first kappa shape index (κ1) is 16.3. The van der Waals surface area contributed by atoms with Crippen LogP contribution in [0.3, 0.4) is 0 Å². The Morgan fingerprint density at radius 2 is 1.85 bits per heavy atom. The maximum atomic E-state index is 11.6. The minimum Gasteiger partial charge on any atom is -0.356 e. The Bertz CT molecular complexity index is 978. The van der Waals surface area contributed by atoms with Crippen molar-refractivity contribution in [2.24, 2.45) is 7.05 Å². The maximum absolute atomic E-state index is 11.6. The number of nitrogens with zero attached hydrogens (tertiary/aromatic N) is 5. The van der Waals surface area contributed by atoms with Crippen molar-refractivity contribution >= 4 is 17.3 Å². The third-order valence-corrected chi connectivity index (χ3v) is 4.51. The molecule has 1 aliphatic rings. The lowest BCUT2D eigenvalue weighted by molar-refractivity contribution is 0.712. The fourth-order valence-electron chi connectivity index (χ4n) is 3.13. The van der Waals surface area contributed by atoms with Gasteiger partial charge in [-0.05, 0) is 25.0 Å². The van der Waals surface area contributed by atoms with Gasteiger partial charge in [-0.25, -0.2) is 14.6 Å². The van der Waals surface area contributed by atoms with Crippen molar-refractivity contribution in [2.45, 2.75) is 12.8 Å². The highest BCUT2D eigenvalue weighted by atomic mass is 16.1. The summed E-state index contributed by atoms with van der Waals surface area (Å²) in [5.74, 6) is 1.68. The quantitative estimate of drug-likeness (QED) is 0.781. The zero-order chi connectivity index (χ0) is 17.9. The number of hydrogen-bond donors (Lipinski definition) is 1. The molecule has 1 saturated heterocycles. The Morgan fingerprint density at radius 1 is 1.04 bits per heavy atom. The van der Waals surface area contributed by atoms with Crippen LogP contribution >= 0.6 is 0 Å². The molecular weight excluding hydrogens is 328 g/mol. The van der Waals surface area contributed by atoms with Crippen molar-refractivity contribution in [1.82, 2.24) is 19.7 Å². The van der Waals surface area contributed by atoms with Crippen molar-refractivity contribution in [2.75, 3.05) is 23.3 Å². The molecule has 0 amide bonds. The third-order valence-electron chi connectivity index (χ3n) is 4.51. The number of aryl methyl sites for hydroxylation is 1. The van der Waals surface area contributed by atoms with E-state index in [2.05, 4.69) is 25.3 Å². The van der Waals surface area contributed by atoms with Crippen molar-refractivity contribution in [3.05, 3.63) is 59.1 Å². The first-order valence-corrected chi connectivity index (χ1v) is 8.68. The Hall–Kier alpha value is -3.22. The van der Waals surface area contributed by atoms with E-state index in [0.717, 1.165) is 41.7 Å². The van der Waals surface area contributed by atoms with E-state index in [4.69, 9.17) is 0 Å². The number of nitrogens with one attached hydrogen (secondary N) is 1. The van der Waals surface area contributed by atoms with Crippen LogP contribution in [0, 0.1) is 0 Å². The fourth-order valence-corrected chi connectivity index (χ4v) is 3.13. The standard InChI is InChI=1S/C19H20N6O/c1-24-19(26)9-8-16(23-24)14-6-2-3-7-15(14)22-17-12-18(21-13-20-17)25-10-4-5-11-25/h2-3,6-9,12-13H,4-5,10-11H2,1H3,(H,20,21,22). The largest absolute Gasteiger partial charge is 0.356 e. The normalized spacial score (nSPS) is 13.8. The van der Waals surface area contributed by atoms with E-state index in [0.29, 0.717) is 0 Å². The summed E-state index contributed by atoms with van der Waals surface area (Å²) in [5, 5.41) is 7.71. The molecule has 4 rings (SSSR count). The van der Waals surface area contributed by atoms with Gasteiger partial charge in [0.25, 0.3) is 5.56 Å². The summed E-state index contributed by atoms with van der Waals surface area (Å²) in [6.07, 6.45) is 3.99. The number of para-hydroxylation sites is 1. The van der Waals surface area contributed by atoms with Crippen molar-refractivity contribution in [3.8, 4) is 11.3 Å². The van der Waals surface area contributed by atoms with Gasteiger partial charge in [-0.15, -0.1) is 0 Å². The molecule has 0 saturated carbocycles. The highest BCUT2D eigenvalue weighted by Crippen LogP contribution is 2.29. The molecule has 7 nitrogen and oxygen atoms in total. The van der Waals surface area contributed by atoms with Gasteiger partial charge in [0, 0.05) is 43.5 Å². The van der Waals surface area contributed by atoms with Crippen molar-refractivity contribution < 1.29 is 0 Å². The number of rotatable bonds is 4. The summed E-state index contributed by atoms with van der Waals surface area (Å²) >= 11 is 0. The Morgan fingerprint density at radius 3 is 2.65 bits per heavy atom. The summed E-state index contributed by atoms with van der Waals surface area (Å²) in [4.78, 5) is 22.6. The minimum atomic E-state index is -0.134. The Balaban J connectivity index is 1.66. The van der Waals surface area contributed by atoms with Crippen LogP contribution in [0.15, 0.2) is 53.6 Å². The monoisotopic (exact) mass is 348 g/mol. The summed E-state index contributed by atoms with van der Waals surface area (Å²) < 4.78 is 1.34. The average Bonchev–Trinajstić information content (AvgIpc) is 3.20. The topological polar surface area (TPSA) is 75.9 Å². The second-order valence-electron chi connectivity index (χ2n) is 6.31. The van der Waals surface area contributed by atoms with Gasteiger partial charge in [-0.3, -0.25) is 4.79 Å². The molecule has 0 radical (unpaired) electrons. The van der Waals surface area contributed by atoms with Crippen LogP contribution in [0.25, 0.3) is 11.3 Å². The number of aromatic nitrogens is 4. The lowest BCUT2D eigenvalue weighted by Gasteiger charge is -2.17. The molecule has 0 atom stereocenters. The number of hydrogen-bond acceptors (Lipinski definition) is 6. The molecule has 0 bridgehead atoms. The predicted octanol–water partition coefficient (Wildman–Crippen LogP) is 2.58. The molecule has 2 aromatic heterocycles. The minimum absolute atomic E-state index is 0.134. The highest BCUT2D eigenvalue weighted by molar-refractivity contribution is 5.78. The lowest BCUT2D eigenvalue weighted by atomic mass is 10.1. The second-order valence-corrected chi connectivity index (χ2v) is 6.31. The van der Waals surface area contributed by atoms with E-state index in [1.165, 1.54) is 23.6 Å². The van der Waals surface area contributed by atoms with Crippen LogP contribution < -0.4 is 15.8 Å². The first-order valence-electron chi connectivity index (χ1n) is 8.68. The maximum Gasteiger partial charge on any atom is 0.266 e. The van der Waals surface area contributed by atoms with Crippen LogP contribution in [0.1, 0.15) is 12.8 Å². The van der Waals surface area contributed by atoms with Gasteiger partial charge in [-0.2, -0.15) is 5.10 Å². The predicted molar refractivity (Wildman–Crippen MR) is 102 cm³/mol. The van der Waals surface area contributed by atoms with Gasteiger partial charge in [0.1, 0.15) is 18.0 Å². The van der Waals surface area contributed by atoms with Crippen LogP contribution in [0.2, 0.25) is 0 Å². The van der Waals surface area contributed by atoms with Crippen LogP contribution in [-0.2, 0) is 7.05 Å². The molecule has 1 fully saturated rings. The molecule has 132 valence electrons. The number of anilines is 3. The van der Waals surface area contributed by atoms with E-state index in [9.17, 15) is 4.79 Å². The van der Waals surface area contributed by atoms with Gasteiger partial charge >= 0.3 is 0 Å². The smallest absolute Gasteiger partial charge is 0.266 e. The van der Waals surface area contributed by atoms with Gasteiger partial charge in [0.15, 0.2) is 0 Å². The van der Waals surface area contributed by atoms with E-state index in [-0.39, 0.29) is 5.56 Å². The molecule has 1 aromatic carbocycles. The van der Waals surface area contributed by atoms with E-state index in [1.807, 2.05) is 30.3 Å². The molecule has 0 aliphatic carbocycles. The molecule has 0 spiro atoms. The van der Waals surface area contributed by atoms with Crippen LogP contribution in [0.5, 0.6) is 0 Å². The molecule has 3 aromatic rings. The van der Waals surface area contributed by atoms with E-state index in [1.54, 1.807) is 19.4 Å². The van der Waals surface area contributed by atoms with E-state index < -0.39 is 0 Å². The summed E-state index contributed by atoms with van der Waals surface area (Å²) in [7, 11) is 1.65. The SMILES string of the molecule is Cn1nc(-c2ccccc2Nc2cc(N3CCCC3)ncn2)ccc1=O. The fraction of sp³-hybridized carbons (Fsp3) is 0.263. The second kappa shape index (κ2) is 6.95. The third kappa shape index (κ3) is 3.28. The van der Waals surface area contributed by atoms with Crippen molar-refractivity contribution in [1.29, 1.82) is 0 Å². The highest BCUT2D eigenvalue weighted by Gasteiger charge is 2.14. The molecule has 7 heteroatoms. The summed E-state index contributed by atoms with van der Waals surface area (Å²) in [6.45, 7) is 2.07. The first-order chi connectivity index (χ1) is 12.7. The van der Waals surface area contributed by atoms with Crippen molar-refractivity contribution in [3.63, 3.8) is 0 Å². The zero-order valence-electron chi connectivity index (χ0n) is 14.6. The van der Waals surface area contributed by atoms with Gasteiger partial charge < -0.3 is 10.2 Å².